The predicted octanol–water partition coefficient (Wildman–Crippen LogP) is 0.0571. The van der Waals surface area contributed by atoms with Crippen LogP contribution in [0.4, 0.5) is 0 Å². The molecule has 24 heavy (non-hydrogen) atoms. The van der Waals surface area contributed by atoms with Crippen molar-refractivity contribution in [1.82, 2.24) is 24.9 Å². The van der Waals surface area contributed by atoms with Crippen LogP contribution in [0.15, 0.2) is 6.07 Å². The van der Waals surface area contributed by atoms with Gasteiger partial charge in [-0.1, -0.05) is 0 Å². The first-order chi connectivity index (χ1) is 11.8. The first-order valence-corrected chi connectivity index (χ1v) is 9.15. The number of piperidine rings is 1. The van der Waals surface area contributed by atoms with Crippen LogP contribution >= 0.6 is 0 Å². The molecule has 1 atom stereocenters. The quantitative estimate of drug-likeness (QED) is 0.847. The Morgan fingerprint density at radius 3 is 3.00 bits per heavy atom. The number of morpholine rings is 1. The highest BCUT2D eigenvalue weighted by Gasteiger charge is 2.30. The molecule has 2 fully saturated rings. The monoisotopic (exact) mass is 333 g/mol. The van der Waals surface area contributed by atoms with Gasteiger partial charge in [-0.3, -0.25) is 14.4 Å². The zero-order valence-corrected chi connectivity index (χ0v) is 14.2. The van der Waals surface area contributed by atoms with E-state index in [1.165, 1.54) is 5.69 Å². The van der Waals surface area contributed by atoms with Crippen molar-refractivity contribution >= 4 is 5.91 Å². The number of aromatic nitrogens is 2. The van der Waals surface area contributed by atoms with E-state index in [4.69, 9.17) is 9.84 Å². The molecule has 1 amide bonds. The number of fused-ring (bicyclic) bond motifs is 1. The van der Waals surface area contributed by atoms with E-state index in [9.17, 15) is 4.79 Å². The Balaban J connectivity index is 1.36. The highest BCUT2D eigenvalue weighted by molar-refractivity contribution is 5.79. The molecule has 0 bridgehead atoms. The van der Waals surface area contributed by atoms with Crippen LogP contribution in [-0.4, -0.2) is 71.4 Å². The number of likely N-dealkylation sites (tertiary alicyclic amines) is 1. The third-order valence-corrected chi connectivity index (χ3v) is 5.28. The van der Waals surface area contributed by atoms with Gasteiger partial charge in [-0.05, 0) is 25.5 Å². The molecule has 7 nitrogen and oxygen atoms in total. The largest absolute Gasteiger partial charge is 0.378 e. The minimum Gasteiger partial charge on any atom is -0.378 e. The molecular formula is C17H27N5O2. The molecule has 1 aromatic rings. The molecule has 3 aliphatic heterocycles. The fraction of sp³-hybridized carbons (Fsp3) is 0.765. The number of ether oxygens (including phenoxy) is 1. The minimum atomic E-state index is 0.135. The van der Waals surface area contributed by atoms with E-state index in [2.05, 4.69) is 21.0 Å². The van der Waals surface area contributed by atoms with E-state index in [1.807, 2.05) is 4.90 Å². The molecule has 0 aliphatic carbocycles. The van der Waals surface area contributed by atoms with Crippen LogP contribution in [-0.2, 0) is 29.2 Å². The van der Waals surface area contributed by atoms with Crippen molar-refractivity contribution in [1.29, 1.82) is 0 Å². The van der Waals surface area contributed by atoms with Crippen LogP contribution in [0.25, 0.3) is 0 Å². The molecule has 0 spiro atoms. The molecule has 0 saturated carbocycles. The van der Waals surface area contributed by atoms with Crippen molar-refractivity contribution in [3.8, 4) is 0 Å². The average molecular weight is 333 g/mol. The van der Waals surface area contributed by atoms with E-state index in [1.54, 1.807) is 0 Å². The number of amides is 1. The van der Waals surface area contributed by atoms with E-state index >= 15 is 0 Å². The smallest absolute Gasteiger partial charge is 0.227 e. The van der Waals surface area contributed by atoms with Gasteiger partial charge in [-0.2, -0.15) is 5.10 Å². The Hall–Kier alpha value is -1.44. The van der Waals surface area contributed by atoms with Crippen molar-refractivity contribution in [2.24, 2.45) is 5.92 Å². The fourth-order valence-electron chi connectivity index (χ4n) is 4.00. The van der Waals surface area contributed by atoms with E-state index in [0.717, 1.165) is 70.9 Å². The van der Waals surface area contributed by atoms with Gasteiger partial charge in [0.1, 0.15) is 0 Å². The summed E-state index contributed by atoms with van der Waals surface area (Å²) in [6.07, 6.45) is 2.10. The molecule has 0 aromatic carbocycles. The number of carbonyl (C=O) groups is 1. The molecule has 0 unspecified atom stereocenters. The van der Waals surface area contributed by atoms with Crippen molar-refractivity contribution in [2.45, 2.75) is 32.5 Å². The second kappa shape index (κ2) is 7.21. The van der Waals surface area contributed by atoms with Crippen molar-refractivity contribution in [3.05, 3.63) is 17.5 Å². The van der Waals surface area contributed by atoms with E-state index in [0.29, 0.717) is 19.1 Å². The summed E-state index contributed by atoms with van der Waals surface area (Å²) in [6, 6.07) is 2.21. The highest BCUT2D eigenvalue weighted by atomic mass is 16.5. The number of carbonyl (C=O) groups excluding carboxylic acids is 1. The number of hydrogen-bond donors (Lipinski definition) is 1. The molecule has 4 rings (SSSR count). The average Bonchev–Trinajstić information content (AvgIpc) is 3.04. The molecule has 2 saturated heterocycles. The summed E-state index contributed by atoms with van der Waals surface area (Å²) in [5, 5.41) is 8.11. The van der Waals surface area contributed by atoms with Crippen LogP contribution in [0.1, 0.15) is 24.2 Å². The van der Waals surface area contributed by atoms with Crippen LogP contribution < -0.4 is 5.32 Å². The van der Waals surface area contributed by atoms with Gasteiger partial charge in [0.2, 0.25) is 5.91 Å². The van der Waals surface area contributed by atoms with Gasteiger partial charge in [0.25, 0.3) is 0 Å². The van der Waals surface area contributed by atoms with Crippen LogP contribution in [0, 0.1) is 5.92 Å². The lowest BCUT2D eigenvalue weighted by atomic mass is 9.96. The number of hydrogen-bond acceptors (Lipinski definition) is 5. The van der Waals surface area contributed by atoms with E-state index < -0.39 is 0 Å². The molecule has 7 heteroatoms. The third-order valence-electron chi connectivity index (χ3n) is 5.28. The molecule has 132 valence electrons. The number of nitrogens with one attached hydrogen (secondary N) is 1. The summed E-state index contributed by atoms with van der Waals surface area (Å²) in [7, 11) is 0. The summed E-state index contributed by atoms with van der Waals surface area (Å²) in [6.45, 7) is 8.47. The first kappa shape index (κ1) is 16.1. The first-order valence-electron chi connectivity index (χ1n) is 9.15. The van der Waals surface area contributed by atoms with Crippen LogP contribution in [0.2, 0.25) is 0 Å². The maximum absolute atomic E-state index is 12.7. The van der Waals surface area contributed by atoms with Gasteiger partial charge in [0, 0.05) is 39.3 Å². The Labute approximate surface area is 142 Å². The Morgan fingerprint density at radius 2 is 2.17 bits per heavy atom. The lowest BCUT2D eigenvalue weighted by Gasteiger charge is -2.35. The molecule has 1 N–H and O–H groups in total. The summed E-state index contributed by atoms with van der Waals surface area (Å²) in [4.78, 5) is 17.1. The fourth-order valence-corrected chi connectivity index (χ4v) is 4.00. The standard InChI is InChI=1S/C17H27N5O2/c23-17(21-6-8-24-9-7-21)14-2-1-4-20(12-14)13-15-10-16-11-18-3-5-22(16)19-15/h10,14,18H,1-9,11-13H2/t14-/m1/s1. The van der Waals surface area contributed by atoms with Gasteiger partial charge in [0.15, 0.2) is 0 Å². The highest BCUT2D eigenvalue weighted by Crippen LogP contribution is 2.21. The molecule has 3 aliphatic rings. The maximum Gasteiger partial charge on any atom is 0.227 e. The topological polar surface area (TPSA) is 62.6 Å². The summed E-state index contributed by atoms with van der Waals surface area (Å²) < 4.78 is 7.47. The summed E-state index contributed by atoms with van der Waals surface area (Å²) >= 11 is 0. The van der Waals surface area contributed by atoms with Gasteiger partial charge in [0.05, 0.1) is 37.1 Å². The normalized spacial score (nSPS) is 25.5. The van der Waals surface area contributed by atoms with Gasteiger partial charge in [-0.15, -0.1) is 0 Å². The van der Waals surface area contributed by atoms with E-state index in [-0.39, 0.29) is 5.92 Å². The zero-order chi connectivity index (χ0) is 16.4. The van der Waals surface area contributed by atoms with Gasteiger partial charge >= 0.3 is 0 Å². The molecule has 0 radical (unpaired) electrons. The predicted molar refractivity (Wildman–Crippen MR) is 89.3 cm³/mol. The second-order valence-electron chi connectivity index (χ2n) is 7.04. The maximum atomic E-state index is 12.7. The third kappa shape index (κ3) is 3.48. The molecule has 4 heterocycles. The van der Waals surface area contributed by atoms with Crippen molar-refractivity contribution in [3.63, 3.8) is 0 Å². The minimum absolute atomic E-state index is 0.135. The summed E-state index contributed by atoms with van der Waals surface area (Å²) in [5.41, 5.74) is 2.40. The van der Waals surface area contributed by atoms with Crippen LogP contribution in [0.5, 0.6) is 0 Å². The molecule has 1 aromatic heterocycles. The SMILES string of the molecule is O=C([C@@H]1CCCN(Cc2cc3n(n2)CCNC3)C1)N1CCOCC1. The number of nitrogens with zero attached hydrogens (tertiary/aromatic N) is 4. The number of rotatable bonds is 3. The van der Waals surface area contributed by atoms with Gasteiger partial charge in [-0.25, -0.2) is 0 Å². The van der Waals surface area contributed by atoms with Crippen molar-refractivity contribution < 1.29 is 9.53 Å². The lowest BCUT2D eigenvalue weighted by molar-refractivity contribution is -0.141. The lowest BCUT2D eigenvalue weighted by Crippen LogP contribution is -2.48. The Bertz CT molecular complexity index is 558. The Morgan fingerprint density at radius 1 is 1.29 bits per heavy atom. The molecular weight excluding hydrogens is 306 g/mol. The van der Waals surface area contributed by atoms with Crippen LogP contribution in [0.3, 0.4) is 0 Å². The van der Waals surface area contributed by atoms with Crippen molar-refractivity contribution in [2.75, 3.05) is 45.9 Å². The second-order valence-corrected chi connectivity index (χ2v) is 7.04. The zero-order valence-electron chi connectivity index (χ0n) is 14.2. The Kier molecular flexibility index (Phi) is 4.82. The van der Waals surface area contributed by atoms with Gasteiger partial charge < -0.3 is 15.0 Å². The summed E-state index contributed by atoms with van der Waals surface area (Å²) in [5.74, 6) is 0.451.